The van der Waals surface area contributed by atoms with Crippen LogP contribution in [0.25, 0.3) is 0 Å². The molecule has 0 spiro atoms. The summed E-state index contributed by atoms with van der Waals surface area (Å²) in [5, 5.41) is -0.0818. The van der Waals surface area contributed by atoms with E-state index >= 15 is 0 Å². The second-order valence-corrected chi connectivity index (χ2v) is 6.16. The van der Waals surface area contributed by atoms with Gasteiger partial charge in [0.2, 0.25) is 10.0 Å². The number of fused-ring (bicyclic) bond motifs is 1. The SMILES string of the molecule is O=S(=O)(C1CC1)N1[C@H]2CCCO[C@@H]21. The zero-order chi connectivity index (χ0) is 9.05. The van der Waals surface area contributed by atoms with E-state index in [2.05, 4.69) is 0 Å². The van der Waals surface area contributed by atoms with Crippen molar-refractivity contribution in [3.8, 4) is 0 Å². The lowest BCUT2D eigenvalue weighted by Gasteiger charge is -2.04. The van der Waals surface area contributed by atoms with Crippen LogP contribution in [0.2, 0.25) is 0 Å². The van der Waals surface area contributed by atoms with E-state index in [1.807, 2.05) is 0 Å². The normalized spacial score (nSPS) is 44.2. The van der Waals surface area contributed by atoms with Gasteiger partial charge in [-0.1, -0.05) is 0 Å². The molecule has 3 atom stereocenters. The molecule has 3 aliphatic rings. The van der Waals surface area contributed by atoms with Crippen molar-refractivity contribution < 1.29 is 13.2 Å². The Bertz CT molecular complexity index is 310. The van der Waals surface area contributed by atoms with Crippen LogP contribution in [0, 0.1) is 0 Å². The zero-order valence-electron chi connectivity index (χ0n) is 7.35. The van der Waals surface area contributed by atoms with E-state index in [1.54, 1.807) is 4.31 Å². The van der Waals surface area contributed by atoms with Crippen LogP contribution in [0.15, 0.2) is 0 Å². The molecule has 1 aliphatic carbocycles. The molecule has 0 aromatic rings. The first-order valence-electron chi connectivity index (χ1n) is 4.85. The fourth-order valence-electron chi connectivity index (χ4n) is 2.06. The van der Waals surface area contributed by atoms with Gasteiger partial charge in [0, 0.05) is 6.61 Å². The molecular weight excluding hydrogens is 190 g/mol. The molecule has 0 aromatic carbocycles. The van der Waals surface area contributed by atoms with Gasteiger partial charge >= 0.3 is 0 Å². The first-order valence-corrected chi connectivity index (χ1v) is 6.35. The summed E-state index contributed by atoms with van der Waals surface area (Å²) in [5.41, 5.74) is 0. The lowest BCUT2D eigenvalue weighted by Crippen LogP contribution is -2.20. The fraction of sp³-hybridized carbons (Fsp3) is 1.00. The zero-order valence-corrected chi connectivity index (χ0v) is 8.16. The van der Waals surface area contributed by atoms with Gasteiger partial charge < -0.3 is 4.74 Å². The maximum Gasteiger partial charge on any atom is 0.219 e. The highest BCUT2D eigenvalue weighted by molar-refractivity contribution is 7.90. The molecule has 3 fully saturated rings. The standard InChI is InChI=1S/C8H13NO3S/c10-13(11,6-3-4-6)9-7-2-1-5-12-8(7)9/h6-8H,1-5H2/t7-,8-,9?/m0/s1. The Hall–Kier alpha value is -0.130. The van der Waals surface area contributed by atoms with Crippen molar-refractivity contribution in [1.82, 2.24) is 4.31 Å². The lowest BCUT2D eigenvalue weighted by molar-refractivity contribution is 0.0787. The van der Waals surface area contributed by atoms with E-state index in [-0.39, 0.29) is 17.5 Å². The van der Waals surface area contributed by atoms with Gasteiger partial charge in [-0.2, -0.15) is 4.31 Å². The summed E-state index contributed by atoms with van der Waals surface area (Å²) in [6.07, 6.45) is 3.57. The van der Waals surface area contributed by atoms with Gasteiger partial charge in [-0.3, -0.25) is 0 Å². The Kier molecular flexibility index (Phi) is 1.55. The van der Waals surface area contributed by atoms with Crippen LogP contribution in [0.4, 0.5) is 0 Å². The number of sulfonamides is 1. The number of hydrogen-bond donors (Lipinski definition) is 0. The molecule has 2 saturated heterocycles. The minimum absolute atomic E-state index is 0.0818. The molecule has 2 heterocycles. The Balaban J connectivity index is 1.80. The smallest absolute Gasteiger partial charge is 0.219 e. The summed E-state index contributed by atoms with van der Waals surface area (Å²) in [4.78, 5) is 0. The van der Waals surface area contributed by atoms with Gasteiger partial charge in [0.15, 0.2) is 0 Å². The highest BCUT2D eigenvalue weighted by Crippen LogP contribution is 2.44. The quantitative estimate of drug-likeness (QED) is 0.606. The first kappa shape index (κ1) is 8.20. The second-order valence-electron chi connectivity index (χ2n) is 4.05. The van der Waals surface area contributed by atoms with Crippen molar-refractivity contribution in [2.45, 2.75) is 43.2 Å². The van der Waals surface area contributed by atoms with Crippen molar-refractivity contribution in [2.75, 3.05) is 6.61 Å². The van der Waals surface area contributed by atoms with Gasteiger partial charge in [0.25, 0.3) is 0 Å². The predicted octanol–water partition coefficient (Wildman–Crippen LogP) is 0.299. The molecule has 5 heteroatoms. The third-order valence-corrected chi connectivity index (χ3v) is 5.37. The van der Waals surface area contributed by atoms with E-state index < -0.39 is 10.0 Å². The average molecular weight is 203 g/mol. The van der Waals surface area contributed by atoms with Gasteiger partial charge in [-0.25, -0.2) is 8.42 Å². The minimum atomic E-state index is -2.97. The minimum Gasteiger partial charge on any atom is -0.360 e. The first-order chi connectivity index (χ1) is 6.21. The molecule has 3 rings (SSSR count). The molecule has 0 N–H and O–H groups in total. The van der Waals surface area contributed by atoms with E-state index in [0.29, 0.717) is 0 Å². The summed E-state index contributed by atoms with van der Waals surface area (Å²) in [6.45, 7) is 0.720. The highest BCUT2D eigenvalue weighted by atomic mass is 32.2. The van der Waals surface area contributed by atoms with E-state index in [9.17, 15) is 8.42 Å². The molecule has 0 aromatic heterocycles. The molecule has 0 amide bonds. The van der Waals surface area contributed by atoms with Crippen molar-refractivity contribution in [1.29, 1.82) is 0 Å². The Morgan fingerprint density at radius 1 is 1.23 bits per heavy atom. The molecule has 0 radical (unpaired) electrons. The van der Waals surface area contributed by atoms with Crippen molar-refractivity contribution in [3.63, 3.8) is 0 Å². The van der Waals surface area contributed by atoms with Gasteiger partial charge in [-0.15, -0.1) is 0 Å². The molecular formula is C8H13NO3S. The van der Waals surface area contributed by atoms with Gasteiger partial charge in [-0.05, 0) is 25.7 Å². The molecule has 1 saturated carbocycles. The Labute approximate surface area is 77.9 Å². The van der Waals surface area contributed by atoms with Crippen molar-refractivity contribution in [3.05, 3.63) is 0 Å². The number of ether oxygens (including phenoxy) is 1. The van der Waals surface area contributed by atoms with Crippen LogP contribution >= 0.6 is 0 Å². The molecule has 2 aliphatic heterocycles. The predicted molar refractivity (Wildman–Crippen MR) is 46.5 cm³/mol. The van der Waals surface area contributed by atoms with Crippen LogP contribution < -0.4 is 0 Å². The summed E-state index contributed by atoms with van der Waals surface area (Å²) in [7, 11) is -2.97. The maximum atomic E-state index is 11.8. The molecule has 4 nitrogen and oxygen atoms in total. The third kappa shape index (κ3) is 1.14. The Morgan fingerprint density at radius 3 is 2.54 bits per heavy atom. The summed E-state index contributed by atoms with van der Waals surface area (Å²) in [6, 6.07) is 0.180. The van der Waals surface area contributed by atoms with Crippen LogP contribution in [0.1, 0.15) is 25.7 Å². The largest absolute Gasteiger partial charge is 0.360 e. The topological polar surface area (TPSA) is 46.4 Å². The number of hydrogen-bond acceptors (Lipinski definition) is 3. The number of rotatable bonds is 2. The number of nitrogens with zero attached hydrogens (tertiary/aromatic N) is 1. The van der Waals surface area contributed by atoms with E-state index in [1.165, 1.54) is 0 Å². The fourth-order valence-corrected chi connectivity index (χ4v) is 4.16. The van der Waals surface area contributed by atoms with Crippen molar-refractivity contribution in [2.24, 2.45) is 0 Å². The van der Waals surface area contributed by atoms with Gasteiger partial charge in [0.05, 0.1) is 11.3 Å². The third-order valence-electron chi connectivity index (χ3n) is 2.99. The van der Waals surface area contributed by atoms with E-state index in [0.717, 1.165) is 32.3 Å². The average Bonchev–Trinajstić information content (AvgIpc) is 2.99. The second kappa shape index (κ2) is 2.46. The van der Waals surface area contributed by atoms with Gasteiger partial charge in [0.1, 0.15) is 6.23 Å². The van der Waals surface area contributed by atoms with Crippen LogP contribution in [-0.4, -0.2) is 36.8 Å². The maximum absolute atomic E-state index is 11.8. The van der Waals surface area contributed by atoms with Crippen LogP contribution in [0.5, 0.6) is 0 Å². The molecule has 1 unspecified atom stereocenters. The van der Waals surface area contributed by atoms with Crippen molar-refractivity contribution >= 4 is 10.0 Å². The molecule has 13 heavy (non-hydrogen) atoms. The molecule has 0 bridgehead atoms. The summed E-state index contributed by atoms with van der Waals surface area (Å²) in [5.74, 6) is 0. The molecule has 74 valence electrons. The van der Waals surface area contributed by atoms with E-state index in [4.69, 9.17) is 4.74 Å². The summed E-state index contributed by atoms with van der Waals surface area (Å²) < 4.78 is 30.5. The van der Waals surface area contributed by atoms with Crippen LogP contribution in [0.3, 0.4) is 0 Å². The monoisotopic (exact) mass is 203 g/mol. The van der Waals surface area contributed by atoms with Crippen LogP contribution in [-0.2, 0) is 14.8 Å². The Morgan fingerprint density at radius 2 is 2.00 bits per heavy atom. The lowest BCUT2D eigenvalue weighted by atomic mass is 10.2. The highest BCUT2D eigenvalue weighted by Gasteiger charge is 2.60. The summed E-state index contributed by atoms with van der Waals surface area (Å²) >= 11 is 0.